The van der Waals surface area contributed by atoms with Crippen molar-refractivity contribution in [2.75, 3.05) is 35.7 Å². The Morgan fingerprint density at radius 2 is 1.67 bits per heavy atom. The maximum absolute atomic E-state index is 12.4. The van der Waals surface area contributed by atoms with Crippen LogP contribution in [0.15, 0.2) is 0 Å². The number of nitrogens with one attached hydrogen (secondary N) is 2. The lowest BCUT2D eigenvalue weighted by Crippen LogP contribution is -2.28. The molecular formula is C12H21F3N6. The van der Waals surface area contributed by atoms with E-state index in [1.165, 1.54) is 6.92 Å². The molecule has 21 heavy (non-hydrogen) atoms. The third kappa shape index (κ3) is 5.60. The van der Waals surface area contributed by atoms with E-state index >= 15 is 0 Å². The van der Waals surface area contributed by atoms with Gasteiger partial charge in [0, 0.05) is 26.2 Å². The summed E-state index contributed by atoms with van der Waals surface area (Å²) in [7, 11) is 1.64. The van der Waals surface area contributed by atoms with E-state index in [1.54, 1.807) is 7.05 Å². The van der Waals surface area contributed by atoms with Crippen molar-refractivity contribution in [3.05, 3.63) is 0 Å². The monoisotopic (exact) mass is 306 g/mol. The molecule has 1 aromatic heterocycles. The third-order valence-electron chi connectivity index (χ3n) is 2.81. The first-order chi connectivity index (χ1) is 9.78. The second kappa shape index (κ2) is 7.28. The molecule has 120 valence electrons. The fourth-order valence-corrected chi connectivity index (χ4v) is 1.81. The average Bonchev–Trinajstić information content (AvgIpc) is 2.37. The van der Waals surface area contributed by atoms with Crippen molar-refractivity contribution in [1.82, 2.24) is 15.0 Å². The molecule has 0 spiro atoms. The second-order valence-electron chi connectivity index (χ2n) is 4.57. The lowest BCUT2D eigenvalue weighted by Gasteiger charge is -2.21. The first-order valence-electron chi connectivity index (χ1n) is 6.81. The molecule has 9 heteroatoms. The predicted molar refractivity (Wildman–Crippen MR) is 76.7 cm³/mol. The Hall–Kier alpha value is -1.80. The molecule has 0 fully saturated rings. The zero-order valence-electron chi connectivity index (χ0n) is 12.6. The average molecular weight is 306 g/mol. The standard InChI is InChI=1S/C12H21F3N6/c1-5-21(6-2)11-19-9(16-4)18-10(20-11)17-8(3)7-12(13,14)15/h8H,5-7H2,1-4H3,(H2,16,17,18,19,20). The molecular weight excluding hydrogens is 285 g/mol. The van der Waals surface area contributed by atoms with Crippen molar-refractivity contribution in [3.63, 3.8) is 0 Å². The number of halogens is 3. The van der Waals surface area contributed by atoms with Crippen LogP contribution >= 0.6 is 0 Å². The molecule has 2 N–H and O–H groups in total. The quantitative estimate of drug-likeness (QED) is 0.807. The lowest BCUT2D eigenvalue weighted by atomic mass is 10.2. The van der Waals surface area contributed by atoms with Crippen molar-refractivity contribution >= 4 is 17.8 Å². The number of nitrogens with zero attached hydrogens (tertiary/aromatic N) is 4. The Morgan fingerprint density at radius 3 is 2.14 bits per heavy atom. The zero-order chi connectivity index (χ0) is 16.0. The van der Waals surface area contributed by atoms with E-state index < -0.39 is 18.6 Å². The zero-order valence-corrected chi connectivity index (χ0v) is 12.6. The van der Waals surface area contributed by atoms with E-state index in [1.807, 2.05) is 18.7 Å². The molecule has 0 radical (unpaired) electrons. The van der Waals surface area contributed by atoms with Gasteiger partial charge in [0.2, 0.25) is 17.8 Å². The second-order valence-corrected chi connectivity index (χ2v) is 4.57. The molecule has 0 aliphatic heterocycles. The van der Waals surface area contributed by atoms with Crippen molar-refractivity contribution in [3.8, 4) is 0 Å². The first kappa shape index (κ1) is 17.3. The van der Waals surface area contributed by atoms with Gasteiger partial charge < -0.3 is 15.5 Å². The van der Waals surface area contributed by atoms with Gasteiger partial charge in [-0.25, -0.2) is 0 Å². The summed E-state index contributed by atoms with van der Waals surface area (Å²) in [6.07, 6.45) is -5.18. The number of anilines is 3. The van der Waals surface area contributed by atoms with Gasteiger partial charge in [-0.3, -0.25) is 0 Å². The van der Waals surface area contributed by atoms with Crippen molar-refractivity contribution in [2.24, 2.45) is 0 Å². The molecule has 1 aromatic rings. The van der Waals surface area contributed by atoms with Crippen LogP contribution in [0.1, 0.15) is 27.2 Å². The Bertz CT molecular complexity index is 447. The van der Waals surface area contributed by atoms with Gasteiger partial charge in [0.25, 0.3) is 0 Å². The molecule has 1 unspecified atom stereocenters. The van der Waals surface area contributed by atoms with E-state index in [0.717, 1.165) is 0 Å². The Morgan fingerprint density at radius 1 is 1.10 bits per heavy atom. The fraction of sp³-hybridized carbons (Fsp3) is 0.750. The summed E-state index contributed by atoms with van der Waals surface area (Å²) in [6.45, 7) is 6.73. The van der Waals surface area contributed by atoms with Crippen LogP contribution in [-0.4, -0.2) is 47.3 Å². The van der Waals surface area contributed by atoms with Crippen LogP contribution in [0.3, 0.4) is 0 Å². The molecule has 1 rings (SSSR count). The molecule has 1 heterocycles. The van der Waals surface area contributed by atoms with Gasteiger partial charge in [0.15, 0.2) is 0 Å². The fourth-order valence-electron chi connectivity index (χ4n) is 1.81. The van der Waals surface area contributed by atoms with Crippen LogP contribution in [0.4, 0.5) is 31.0 Å². The van der Waals surface area contributed by atoms with E-state index in [-0.39, 0.29) is 5.95 Å². The SMILES string of the molecule is CCN(CC)c1nc(NC)nc(NC(C)CC(F)(F)F)n1. The van der Waals surface area contributed by atoms with E-state index in [2.05, 4.69) is 25.6 Å². The predicted octanol–water partition coefficient (Wildman–Crippen LogP) is 2.51. The summed E-state index contributed by atoms with van der Waals surface area (Å²) >= 11 is 0. The highest BCUT2D eigenvalue weighted by Crippen LogP contribution is 2.23. The molecule has 0 saturated carbocycles. The van der Waals surface area contributed by atoms with Crippen molar-refractivity contribution in [1.29, 1.82) is 0 Å². The Labute approximate surface area is 122 Å². The number of alkyl halides is 3. The number of hydrogen-bond donors (Lipinski definition) is 2. The number of aromatic nitrogens is 3. The van der Waals surface area contributed by atoms with Crippen molar-refractivity contribution < 1.29 is 13.2 Å². The molecule has 0 aromatic carbocycles. The Balaban J connectivity index is 2.93. The largest absolute Gasteiger partial charge is 0.391 e. The Kier molecular flexibility index (Phi) is 5.98. The summed E-state index contributed by atoms with van der Waals surface area (Å²) in [5.74, 6) is 0.877. The van der Waals surface area contributed by atoms with Crippen molar-refractivity contribution in [2.45, 2.75) is 39.4 Å². The third-order valence-corrected chi connectivity index (χ3v) is 2.81. The highest BCUT2D eigenvalue weighted by atomic mass is 19.4. The van der Waals surface area contributed by atoms with Crippen LogP contribution in [-0.2, 0) is 0 Å². The van der Waals surface area contributed by atoms with Gasteiger partial charge in [-0.05, 0) is 20.8 Å². The van der Waals surface area contributed by atoms with Gasteiger partial charge in [-0.15, -0.1) is 0 Å². The minimum Gasteiger partial charge on any atom is -0.357 e. The normalized spacial score (nSPS) is 12.9. The summed E-state index contributed by atoms with van der Waals surface area (Å²) in [6, 6.07) is -0.818. The van der Waals surface area contributed by atoms with Gasteiger partial charge >= 0.3 is 6.18 Å². The first-order valence-corrected chi connectivity index (χ1v) is 6.81. The minimum absolute atomic E-state index is 0.132. The molecule has 0 amide bonds. The van der Waals surface area contributed by atoms with E-state index in [4.69, 9.17) is 0 Å². The van der Waals surface area contributed by atoms with Gasteiger partial charge in [-0.2, -0.15) is 28.1 Å². The van der Waals surface area contributed by atoms with Crippen LogP contribution < -0.4 is 15.5 Å². The molecule has 0 aliphatic carbocycles. The smallest absolute Gasteiger partial charge is 0.357 e. The molecule has 0 saturated heterocycles. The van der Waals surface area contributed by atoms with E-state index in [0.29, 0.717) is 25.0 Å². The summed E-state index contributed by atoms with van der Waals surface area (Å²) in [5.41, 5.74) is 0. The van der Waals surface area contributed by atoms with E-state index in [9.17, 15) is 13.2 Å². The summed E-state index contributed by atoms with van der Waals surface area (Å²) in [4.78, 5) is 14.3. The topological polar surface area (TPSA) is 66.0 Å². The van der Waals surface area contributed by atoms with Crippen LogP contribution in [0, 0.1) is 0 Å². The van der Waals surface area contributed by atoms with Gasteiger partial charge in [0.05, 0.1) is 6.42 Å². The highest BCUT2D eigenvalue weighted by molar-refractivity contribution is 5.43. The lowest BCUT2D eigenvalue weighted by molar-refractivity contribution is -0.136. The van der Waals surface area contributed by atoms with Gasteiger partial charge in [0.1, 0.15) is 0 Å². The minimum atomic E-state index is -4.23. The molecule has 0 aliphatic rings. The number of rotatable bonds is 7. The van der Waals surface area contributed by atoms with Crippen LogP contribution in [0.5, 0.6) is 0 Å². The maximum Gasteiger partial charge on any atom is 0.391 e. The summed E-state index contributed by atoms with van der Waals surface area (Å²) < 4.78 is 37.1. The highest BCUT2D eigenvalue weighted by Gasteiger charge is 2.30. The van der Waals surface area contributed by atoms with Crippen LogP contribution in [0.2, 0.25) is 0 Å². The molecule has 0 bridgehead atoms. The molecule has 1 atom stereocenters. The van der Waals surface area contributed by atoms with Crippen LogP contribution in [0.25, 0.3) is 0 Å². The number of hydrogen-bond acceptors (Lipinski definition) is 6. The van der Waals surface area contributed by atoms with Gasteiger partial charge in [-0.1, -0.05) is 0 Å². The maximum atomic E-state index is 12.4. The molecule has 6 nitrogen and oxygen atoms in total. The summed E-state index contributed by atoms with van der Waals surface area (Å²) in [5, 5.41) is 5.45.